The zero-order valence-corrected chi connectivity index (χ0v) is 14.3. The highest BCUT2D eigenvalue weighted by molar-refractivity contribution is 5.67. The largest absolute Gasteiger partial charge is 0.462 e. The lowest BCUT2D eigenvalue weighted by atomic mass is 10.1. The number of hydrogen-bond donors (Lipinski definition) is 0. The molecule has 136 valence electrons. The van der Waals surface area contributed by atoms with Crippen LogP contribution in [0.15, 0.2) is 0 Å². The van der Waals surface area contributed by atoms with Gasteiger partial charge in [0.1, 0.15) is 12.7 Å². The van der Waals surface area contributed by atoms with Crippen LogP contribution in [0.1, 0.15) is 34.6 Å². The number of fused-ring (bicyclic) bond motifs is 1. The molecule has 0 aromatic heterocycles. The first-order valence-corrected chi connectivity index (χ1v) is 7.58. The van der Waals surface area contributed by atoms with Crippen LogP contribution in [-0.4, -0.2) is 61.0 Å². The highest BCUT2D eigenvalue weighted by atomic mass is 16.8. The molecular weight excluding hydrogens is 324 g/mol. The minimum absolute atomic E-state index is 0.236. The third-order valence-corrected chi connectivity index (χ3v) is 3.46. The fourth-order valence-electron chi connectivity index (χ4n) is 2.74. The topological polar surface area (TPSA) is 107 Å². The van der Waals surface area contributed by atoms with Crippen LogP contribution in [0.25, 0.3) is 0 Å². The van der Waals surface area contributed by atoms with Gasteiger partial charge < -0.3 is 28.4 Å². The number of carbonyl (C=O) groups is 3. The van der Waals surface area contributed by atoms with Crippen LogP contribution in [-0.2, 0) is 42.8 Å². The molecule has 24 heavy (non-hydrogen) atoms. The van der Waals surface area contributed by atoms with Gasteiger partial charge in [0.05, 0.1) is 0 Å². The minimum Gasteiger partial charge on any atom is -0.462 e. The average molecular weight is 346 g/mol. The molecule has 0 aromatic rings. The van der Waals surface area contributed by atoms with Crippen LogP contribution in [0.5, 0.6) is 0 Å². The molecule has 0 N–H and O–H groups in total. The molecule has 0 saturated carbocycles. The van der Waals surface area contributed by atoms with E-state index in [1.54, 1.807) is 13.8 Å². The molecule has 9 heteroatoms. The normalized spacial score (nSPS) is 31.9. The summed E-state index contributed by atoms with van der Waals surface area (Å²) in [6.07, 6.45) is -4.18. The molecule has 0 aromatic carbocycles. The Morgan fingerprint density at radius 3 is 2.25 bits per heavy atom. The third kappa shape index (κ3) is 4.43. The zero-order chi connectivity index (χ0) is 18.1. The molecule has 5 atom stereocenters. The van der Waals surface area contributed by atoms with E-state index in [2.05, 4.69) is 0 Å². The summed E-state index contributed by atoms with van der Waals surface area (Å²) in [6.45, 7) is 6.87. The predicted molar refractivity (Wildman–Crippen MR) is 76.4 cm³/mol. The Bertz CT molecular complexity index is 515. The van der Waals surface area contributed by atoms with Gasteiger partial charge >= 0.3 is 17.9 Å². The number of ether oxygens (including phenoxy) is 6. The van der Waals surface area contributed by atoms with E-state index in [1.807, 2.05) is 0 Å². The van der Waals surface area contributed by atoms with Crippen LogP contribution in [0, 0.1) is 0 Å². The van der Waals surface area contributed by atoms with Gasteiger partial charge in [-0.2, -0.15) is 0 Å². The summed E-state index contributed by atoms with van der Waals surface area (Å²) in [4.78, 5) is 33.8. The average Bonchev–Trinajstić information content (AvgIpc) is 2.87. The summed E-state index contributed by atoms with van der Waals surface area (Å²) in [6, 6.07) is 0. The molecule has 2 aliphatic heterocycles. The standard InChI is InChI=1S/C15H22O9/c1-7(16)19-6-10(20-8(2)17)11-12(21-9(3)18)13-14(22-11)24-15(4,5)23-13/h10-14H,6H2,1-5H3/t10?,11-,12-,13-,14-/m1/s1. The molecular formula is C15H22O9. The van der Waals surface area contributed by atoms with Crippen molar-refractivity contribution in [2.75, 3.05) is 6.61 Å². The summed E-state index contributed by atoms with van der Waals surface area (Å²) in [5, 5.41) is 0. The first-order valence-electron chi connectivity index (χ1n) is 7.58. The maximum Gasteiger partial charge on any atom is 0.303 e. The monoisotopic (exact) mass is 346 g/mol. The lowest BCUT2D eigenvalue weighted by Gasteiger charge is -2.29. The van der Waals surface area contributed by atoms with Gasteiger partial charge in [0.25, 0.3) is 0 Å². The van der Waals surface area contributed by atoms with Crippen LogP contribution < -0.4 is 0 Å². The van der Waals surface area contributed by atoms with Crippen molar-refractivity contribution in [2.45, 2.75) is 71.1 Å². The first-order chi connectivity index (χ1) is 11.1. The molecule has 2 aliphatic rings. The van der Waals surface area contributed by atoms with Gasteiger partial charge in [-0.15, -0.1) is 0 Å². The van der Waals surface area contributed by atoms with Crippen LogP contribution in [0.4, 0.5) is 0 Å². The van der Waals surface area contributed by atoms with Crippen LogP contribution >= 0.6 is 0 Å². The van der Waals surface area contributed by atoms with Gasteiger partial charge in [-0.1, -0.05) is 0 Å². The smallest absolute Gasteiger partial charge is 0.303 e. The Balaban J connectivity index is 2.19. The predicted octanol–water partition coefficient (Wildman–Crippen LogP) is 0.289. The van der Waals surface area contributed by atoms with Crippen molar-refractivity contribution in [3.8, 4) is 0 Å². The van der Waals surface area contributed by atoms with Gasteiger partial charge in [0.2, 0.25) is 0 Å². The van der Waals surface area contributed by atoms with Crippen molar-refractivity contribution in [2.24, 2.45) is 0 Å². The summed E-state index contributed by atoms with van der Waals surface area (Å²) in [5.74, 6) is -2.57. The fraction of sp³-hybridized carbons (Fsp3) is 0.800. The fourth-order valence-corrected chi connectivity index (χ4v) is 2.74. The van der Waals surface area contributed by atoms with Crippen LogP contribution in [0.3, 0.4) is 0 Å². The van der Waals surface area contributed by atoms with Gasteiger partial charge in [-0.25, -0.2) is 0 Å². The van der Waals surface area contributed by atoms with E-state index in [-0.39, 0.29) is 6.61 Å². The van der Waals surface area contributed by atoms with Crippen molar-refractivity contribution < 1.29 is 42.8 Å². The van der Waals surface area contributed by atoms with Gasteiger partial charge in [0, 0.05) is 20.8 Å². The van der Waals surface area contributed by atoms with Crippen molar-refractivity contribution in [3.63, 3.8) is 0 Å². The van der Waals surface area contributed by atoms with Crippen molar-refractivity contribution in [1.29, 1.82) is 0 Å². The van der Waals surface area contributed by atoms with E-state index >= 15 is 0 Å². The maximum atomic E-state index is 11.4. The highest BCUT2D eigenvalue weighted by Crippen LogP contribution is 2.40. The molecule has 0 aliphatic carbocycles. The molecule has 1 unspecified atom stereocenters. The SMILES string of the molecule is CC(=O)OCC(OC(C)=O)[C@H]1O[C@@H]2OC(C)(C)O[C@@H]2[C@@H]1OC(C)=O. The van der Waals surface area contributed by atoms with E-state index in [4.69, 9.17) is 28.4 Å². The Labute approximate surface area is 139 Å². The van der Waals surface area contributed by atoms with Gasteiger partial charge in [-0.05, 0) is 13.8 Å². The molecule has 0 spiro atoms. The van der Waals surface area contributed by atoms with E-state index in [0.29, 0.717) is 0 Å². The quantitative estimate of drug-likeness (QED) is 0.513. The second-order valence-corrected chi connectivity index (χ2v) is 6.09. The summed E-state index contributed by atoms with van der Waals surface area (Å²) in [5.41, 5.74) is 0. The zero-order valence-electron chi connectivity index (χ0n) is 14.3. The molecule has 0 bridgehead atoms. The number of hydrogen-bond acceptors (Lipinski definition) is 9. The molecule has 2 fully saturated rings. The van der Waals surface area contributed by atoms with Gasteiger partial charge in [-0.3, -0.25) is 14.4 Å². The second kappa shape index (κ2) is 7.04. The van der Waals surface area contributed by atoms with Crippen molar-refractivity contribution in [3.05, 3.63) is 0 Å². The van der Waals surface area contributed by atoms with Gasteiger partial charge in [0.15, 0.2) is 30.4 Å². The summed E-state index contributed by atoms with van der Waals surface area (Å²) >= 11 is 0. The third-order valence-electron chi connectivity index (χ3n) is 3.46. The van der Waals surface area contributed by atoms with Crippen molar-refractivity contribution in [1.82, 2.24) is 0 Å². The summed E-state index contributed by atoms with van der Waals surface area (Å²) in [7, 11) is 0. The Morgan fingerprint density at radius 2 is 1.71 bits per heavy atom. The number of esters is 3. The first kappa shape index (κ1) is 18.6. The van der Waals surface area contributed by atoms with E-state index < -0.39 is 54.4 Å². The molecule has 2 heterocycles. The number of rotatable bonds is 5. The Kier molecular flexibility index (Phi) is 5.46. The molecule has 2 saturated heterocycles. The Hall–Kier alpha value is -1.71. The lowest BCUT2D eigenvalue weighted by Crippen LogP contribution is -2.47. The lowest BCUT2D eigenvalue weighted by molar-refractivity contribution is -0.234. The molecule has 9 nitrogen and oxygen atoms in total. The van der Waals surface area contributed by atoms with E-state index in [9.17, 15) is 14.4 Å². The van der Waals surface area contributed by atoms with E-state index in [1.165, 1.54) is 20.8 Å². The minimum atomic E-state index is -0.961. The van der Waals surface area contributed by atoms with E-state index in [0.717, 1.165) is 0 Å². The Morgan fingerprint density at radius 1 is 1.04 bits per heavy atom. The highest BCUT2D eigenvalue weighted by Gasteiger charge is 2.59. The molecule has 2 rings (SSSR count). The second-order valence-electron chi connectivity index (χ2n) is 6.09. The molecule has 0 radical (unpaired) electrons. The van der Waals surface area contributed by atoms with Crippen LogP contribution in [0.2, 0.25) is 0 Å². The number of carbonyl (C=O) groups excluding carboxylic acids is 3. The van der Waals surface area contributed by atoms with Crippen molar-refractivity contribution >= 4 is 17.9 Å². The maximum absolute atomic E-state index is 11.4. The molecule has 0 amide bonds. The summed E-state index contributed by atoms with van der Waals surface area (Å²) < 4.78 is 32.5.